The van der Waals surface area contributed by atoms with Crippen molar-refractivity contribution >= 4 is 28.9 Å². The van der Waals surface area contributed by atoms with Gasteiger partial charge in [0, 0.05) is 11.3 Å². The number of carboxylic acids is 1. The van der Waals surface area contributed by atoms with E-state index in [1.165, 1.54) is 11.3 Å². The topological polar surface area (TPSA) is 49.3 Å². The number of hydrogen-bond donors (Lipinski definition) is 2. The van der Waals surface area contributed by atoms with Gasteiger partial charge in [-0.1, -0.05) is 11.6 Å². The Balaban J connectivity index is 2.21. The minimum atomic E-state index is -0.797. The first-order valence-corrected chi connectivity index (χ1v) is 6.10. The molecule has 1 saturated heterocycles. The van der Waals surface area contributed by atoms with Gasteiger partial charge < -0.3 is 10.4 Å². The molecular weight excluding hydrogens is 234 g/mol. The van der Waals surface area contributed by atoms with Crippen molar-refractivity contribution in [3.63, 3.8) is 0 Å². The lowest BCUT2D eigenvalue weighted by molar-refractivity contribution is -0.144. The van der Waals surface area contributed by atoms with Crippen molar-refractivity contribution in [3.05, 3.63) is 21.3 Å². The molecule has 2 N–H and O–H groups in total. The van der Waals surface area contributed by atoms with E-state index in [1.54, 1.807) is 0 Å². The molecule has 1 fully saturated rings. The van der Waals surface area contributed by atoms with E-state index in [4.69, 9.17) is 11.6 Å². The molecule has 1 atom stereocenters. The van der Waals surface area contributed by atoms with E-state index in [1.807, 2.05) is 11.4 Å². The molecule has 0 bridgehead atoms. The highest BCUT2D eigenvalue weighted by Gasteiger charge is 2.41. The average Bonchev–Trinajstić information content (AvgIpc) is 2.78. The van der Waals surface area contributed by atoms with Gasteiger partial charge in [0.05, 0.1) is 5.02 Å². The third-order valence-corrected chi connectivity index (χ3v) is 4.19. The van der Waals surface area contributed by atoms with Gasteiger partial charge in [-0.15, -0.1) is 11.3 Å². The highest BCUT2D eigenvalue weighted by Crippen LogP contribution is 2.30. The second-order valence-electron chi connectivity index (χ2n) is 3.79. The fourth-order valence-electron chi connectivity index (χ4n) is 1.94. The van der Waals surface area contributed by atoms with Crippen LogP contribution in [-0.4, -0.2) is 23.2 Å². The summed E-state index contributed by atoms with van der Waals surface area (Å²) >= 11 is 7.49. The van der Waals surface area contributed by atoms with Gasteiger partial charge in [0.25, 0.3) is 0 Å². The molecule has 0 aliphatic carbocycles. The maximum Gasteiger partial charge on any atom is 0.324 e. The van der Waals surface area contributed by atoms with Crippen LogP contribution >= 0.6 is 22.9 Å². The molecule has 5 heteroatoms. The largest absolute Gasteiger partial charge is 0.480 e. The third kappa shape index (κ3) is 2.02. The first-order chi connectivity index (χ1) is 7.14. The van der Waals surface area contributed by atoms with E-state index in [0.29, 0.717) is 17.9 Å². The van der Waals surface area contributed by atoms with Crippen LogP contribution in [0.1, 0.15) is 17.7 Å². The van der Waals surface area contributed by atoms with Crippen LogP contribution in [-0.2, 0) is 11.2 Å². The first-order valence-electron chi connectivity index (χ1n) is 4.84. The van der Waals surface area contributed by atoms with Crippen molar-refractivity contribution in [1.29, 1.82) is 0 Å². The van der Waals surface area contributed by atoms with E-state index in [0.717, 1.165) is 17.8 Å². The molecule has 1 unspecified atom stereocenters. The minimum absolute atomic E-state index is 0.485. The van der Waals surface area contributed by atoms with Crippen molar-refractivity contribution in [1.82, 2.24) is 5.32 Å². The van der Waals surface area contributed by atoms with Crippen molar-refractivity contribution in [2.24, 2.45) is 0 Å². The van der Waals surface area contributed by atoms with Gasteiger partial charge in [-0.2, -0.15) is 0 Å². The zero-order valence-electron chi connectivity index (χ0n) is 8.12. The molecule has 0 aromatic carbocycles. The van der Waals surface area contributed by atoms with Crippen molar-refractivity contribution in [2.45, 2.75) is 24.8 Å². The van der Waals surface area contributed by atoms with Crippen LogP contribution in [0.5, 0.6) is 0 Å². The van der Waals surface area contributed by atoms with Crippen molar-refractivity contribution in [2.75, 3.05) is 6.54 Å². The summed E-state index contributed by atoms with van der Waals surface area (Å²) in [5.41, 5.74) is -0.797. The predicted octanol–water partition coefficient (Wildman–Crippen LogP) is 2.15. The molecule has 1 aromatic rings. The minimum Gasteiger partial charge on any atom is -0.480 e. The number of carbonyl (C=O) groups is 1. The Hall–Kier alpha value is -0.580. The molecule has 15 heavy (non-hydrogen) atoms. The van der Waals surface area contributed by atoms with Crippen molar-refractivity contribution in [3.8, 4) is 0 Å². The number of carboxylic acid groups (broad SMARTS) is 1. The number of hydrogen-bond acceptors (Lipinski definition) is 3. The van der Waals surface area contributed by atoms with Crippen LogP contribution in [0.2, 0.25) is 5.02 Å². The number of nitrogens with one attached hydrogen (secondary N) is 1. The normalized spacial score (nSPS) is 25.7. The zero-order valence-corrected chi connectivity index (χ0v) is 9.70. The number of halogens is 1. The molecule has 0 saturated carbocycles. The lowest BCUT2D eigenvalue weighted by Gasteiger charge is -2.23. The van der Waals surface area contributed by atoms with Crippen LogP contribution in [0.25, 0.3) is 0 Å². The lowest BCUT2D eigenvalue weighted by Crippen LogP contribution is -2.49. The molecule has 3 nitrogen and oxygen atoms in total. The first kappa shape index (κ1) is 10.9. The van der Waals surface area contributed by atoms with Crippen LogP contribution < -0.4 is 5.32 Å². The third-order valence-electron chi connectivity index (χ3n) is 2.81. The summed E-state index contributed by atoms with van der Waals surface area (Å²) in [4.78, 5) is 12.2. The van der Waals surface area contributed by atoms with Gasteiger partial charge in [0.2, 0.25) is 0 Å². The highest BCUT2D eigenvalue weighted by atomic mass is 35.5. The van der Waals surface area contributed by atoms with E-state index in [9.17, 15) is 9.90 Å². The van der Waals surface area contributed by atoms with Gasteiger partial charge in [-0.25, -0.2) is 0 Å². The predicted molar refractivity (Wildman–Crippen MR) is 60.6 cm³/mol. The lowest BCUT2D eigenvalue weighted by atomic mass is 9.93. The molecule has 0 spiro atoms. The van der Waals surface area contributed by atoms with Gasteiger partial charge in [0.1, 0.15) is 5.54 Å². The summed E-state index contributed by atoms with van der Waals surface area (Å²) in [5, 5.41) is 14.9. The maximum atomic E-state index is 11.3. The van der Waals surface area contributed by atoms with E-state index < -0.39 is 11.5 Å². The molecule has 0 radical (unpaired) electrons. The van der Waals surface area contributed by atoms with E-state index >= 15 is 0 Å². The summed E-state index contributed by atoms with van der Waals surface area (Å²) in [7, 11) is 0. The summed E-state index contributed by atoms with van der Waals surface area (Å²) in [6, 6.07) is 1.81. The quantitative estimate of drug-likeness (QED) is 0.858. The van der Waals surface area contributed by atoms with Crippen molar-refractivity contribution < 1.29 is 9.90 Å². The molecule has 1 aliphatic heterocycles. The van der Waals surface area contributed by atoms with Gasteiger partial charge in [0.15, 0.2) is 0 Å². The van der Waals surface area contributed by atoms with Gasteiger partial charge in [-0.3, -0.25) is 4.79 Å². The molecule has 82 valence electrons. The number of thiophene rings is 1. The summed E-state index contributed by atoms with van der Waals surface area (Å²) < 4.78 is 0. The Morgan fingerprint density at radius 2 is 2.53 bits per heavy atom. The zero-order chi connectivity index (χ0) is 10.9. The Bertz CT molecular complexity index is 371. The number of rotatable bonds is 3. The van der Waals surface area contributed by atoms with Crippen LogP contribution in [0.4, 0.5) is 0 Å². The Morgan fingerprint density at radius 3 is 3.00 bits per heavy atom. The second kappa shape index (κ2) is 4.12. The monoisotopic (exact) mass is 245 g/mol. The summed E-state index contributed by atoms with van der Waals surface area (Å²) in [6.07, 6.45) is 2.07. The van der Waals surface area contributed by atoms with Crippen LogP contribution in [0.15, 0.2) is 11.4 Å². The Kier molecular flexibility index (Phi) is 3.00. The molecule has 2 rings (SSSR count). The molecule has 0 amide bonds. The molecule has 1 aliphatic rings. The fraction of sp³-hybridized carbons (Fsp3) is 0.500. The SMILES string of the molecule is O=C(O)C1(Cc2sccc2Cl)CCCN1. The fourth-order valence-corrected chi connectivity index (χ4v) is 3.16. The van der Waals surface area contributed by atoms with Crippen LogP contribution in [0.3, 0.4) is 0 Å². The molecular formula is C10H12ClNO2S. The van der Waals surface area contributed by atoms with Crippen LogP contribution in [0, 0.1) is 0 Å². The summed E-state index contributed by atoms with van der Waals surface area (Å²) in [5.74, 6) is -0.774. The molecule has 1 aromatic heterocycles. The Morgan fingerprint density at radius 1 is 1.73 bits per heavy atom. The summed E-state index contributed by atoms with van der Waals surface area (Å²) in [6.45, 7) is 0.773. The average molecular weight is 246 g/mol. The van der Waals surface area contributed by atoms with Gasteiger partial charge >= 0.3 is 5.97 Å². The van der Waals surface area contributed by atoms with E-state index in [-0.39, 0.29) is 0 Å². The standard InChI is InChI=1S/C10H12ClNO2S/c11-7-2-5-15-8(7)6-10(9(13)14)3-1-4-12-10/h2,5,12H,1,3-4,6H2,(H,13,14). The van der Waals surface area contributed by atoms with Gasteiger partial charge in [-0.05, 0) is 30.8 Å². The molecule has 2 heterocycles. The van der Waals surface area contributed by atoms with E-state index in [2.05, 4.69) is 5.32 Å². The maximum absolute atomic E-state index is 11.3. The number of aliphatic carboxylic acids is 1. The smallest absolute Gasteiger partial charge is 0.324 e. The highest BCUT2D eigenvalue weighted by molar-refractivity contribution is 7.10. The Labute approximate surface area is 97.1 Å². The second-order valence-corrected chi connectivity index (χ2v) is 5.19.